The van der Waals surface area contributed by atoms with Crippen molar-refractivity contribution in [3.63, 3.8) is 0 Å². The highest BCUT2D eigenvalue weighted by Crippen LogP contribution is 2.14. The second-order valence-corrected chi connectivity index (χ2v) is 6.47. The van der Waals surface area contributed by atoms with Crippen molar-refractivity contribution in [3.05, 3.63) is 62.3 Å². The van der Waals surface area contributed by atoms with Gasteiger partial charge in [-0.05, 0) is 31.4 Å². The summed E-state index contributed by atoms with van der Waals surface area (Å²) >= 11 is 1.57. The fourth-order valence-corrected chi connectivity index (χ4v) is 3.03. The van der Waals surface area contributed by atoms with Gasteiger partial charge in [-0.3, -0.25) is 19.7 Å². The molecule has 0 aliphatic heterocycles. The van der Waals surface area contributed by atoms with E-state index >= 15 is 0 Å². The van der Waals surface area contributed by atoms with Crippen molar-refractivity contribution in [1.82, 2.24) is 10.2 Å². The van der Waals surface area contributed by atoms with E-state index in [1.165, 1.54) is 24.3 Å². The number of non-ortho nitro benzene ring substituents is 1. The monoisotopic (exact) mass is 361 g/mol. The Labute approximate surface area is 149 Å². The van der Waals surface area contributed by atoms with Gasteiger partial charge in [-0.1, -0.05) is 12.1 Å². The van der Waals surface area contributed by atoms with Gasteiger partial charge in [0.05, 0.1) is 11.5 Å². The van der Waals surface area contributed by atoms with Crippen molar-refractivity contribution in [2.24, 2.45) is 0 Å². The Morgan fingerprint density at radius 1 is 1.32 bits per heavy atom. The first-order valence-corrected chi connectivity index (χ1v) is 8.66. The molecular weight excluding hydrogens is 342 g/mol. The molecule has 0 aliphatic carbocycles. The molecule has 0 spiro atoms. The van der Waals surface area contributed by atoms with Crippen LogP contribution in [0.3, 0.4) is 0 Å². The van der Waals surface area contributed by atoms with E-state index in [1.54, 1.807) is 23.2 Å². The fourth-order valence-electron chi connectivity index (χ4n) is 2.31. The number of carbonyl (C=O) groups excluding carboxylic acids is 2. The van der Waals surface area contributed by atoms with Crippen molar-refractivity contribution < 1.29 is 14.5 Å². The zero-order valence-electron chi connectivity index (χ0n) is 14.0. The number of carbonyl (C=O) groups is 2. The summed E-state index contributed by atoms with van der Waals surface area (Å²) < 4.78 is 0. The fraction of sp³-hybridized carbons (Fsp3) is 0.294. The highest BCUT2D eigenvalue weighted by Gasteiger charge is 2.22. The molecule has 1 aromatic heterocycles. The van der Waals surface area contributed by atoms with E-state index in [2.05, 4.69) is 5.32 Å². The number of nitrogens with zero attached hydrogens (tertiary/aromatic N) is 2. The lowest BCUT2D eigenvalue weighted by molar-refractivity contribution is -0.384. The molecule has 2 amide bonds. The summed E-state index contributed by atoms with van der Waals surface area (Å²) in [5.41, 5.74) is -0.0188. The normalized spacial score (nSPS) is 11.6. The SMILES string of the molecule is CCN(Cc1cccs1)C(=O)C(C)NC(=O)c1cccc([N+](=O)[O-])c1. The van der Waals surface area contributed by atoms with Gasteiger partial charge < -0.3 is 10.2 Å². The first-order chi connectivity index (χ1) is 11.9. The molecule has 0 fully saturated rings. The van der Waals surface area contributed by atoms with Gasteiger partial charge in [0.15, 0.2) is 0 Å². The summed E-state index contributed by atoms with van der Waals surface area (Å²) in [6.45, 7) is 4.49. The van der Waals surface area contributed by atoms with Crippen molar-refractivity contribution in [2.45, 2.75) is 26.4 Å². The number of amides is 2. The Kier molecular flexibility index (Phi) is 6.24. The molecule has 8 heteroatoms. The van der Waals surface area contributed by atoms with Crippen LogP contribution in [0.25, 0.3) is 0 Å². The Morgan fingerprint density at radius 2 is 2.08 bits per heavy atom. The van der Waals surface area contributed by atoms with E-state index in [0.29, 0.717) is 13.1 Å². The quantitative estimate of drug-likeness (QED) is 0.606. The largest absolute Gasteiger partial charge is 0.341 e. The molecule has 1 heterocycles. The lowest BCUT2D eigenvalue weighted by Crippen LogP contribution is -2.46. The van der Waals surface area contributed by atoms with E-state index in [-0.39, 0.29) is 17.2 Å². The molecule has 0 radical (unpaired) electrons. The lowest BCUT2D eigenvalue weighted by Gasteiger charge is -2.24. The number of hydrogen-bond acceptors (Lipinski definition) is 5. The van der Waals surface area contributed by atoms with Gasteiger partial charge in [0, 0.05) is 29.1 Å². The summed E-state index contributed by atoms with van der Waals surface area (Å²) in [6, 6.07) is 8.56. The number of thiophene rings is 1. The summed E-state index contributed by atoms with van der Waals surface area (Å²) in [7, 11) is 0. The summed E-state index contributed by atoms with van der Waals surface area (Å²) in [5.74, 6) is -0.716. The smallest absolute Gasteiger partial charge is 0.270 e. The second-order valence-electron chi connectivity index (χ2n) is 5.43. The molecule has 1 aromatic carbocycles. The lowest BCUT2D eigenvalue weighted by atomic mass is 10.1. The van der Waals surface area contributed by atoms with E-state index in [4.69, 9.17) is 0 Å². The molecule has 0 bridgehead atoms. The van der Waals surface area contributed by atoms with Gasteiger partial charge >= 0.3 is 0 Å². The average molecular weight is 361 g/mol. The maximum atomic E-state index is 12.6. The van der Waals surface area contributed by atoms with Crippen LogP contribution in [0.1, 0.15) is 29.1 Å². The van der Waals surface area contributed by atoms with Crippen LogP contribution in [0.15, 0.2) is 41.8 Å². The molecule has 0 saturated carbocycles. The highest BCUT2D eigenvalue weighted by atomic mass is 32.1. The van der Waals surface area contributed by atoms with Crippen molar-refractivity contribution in [2.75, 3.05) is 6.54 Å². The number of nitrogens with one attached hydrogen (secondary N) is 1. The molecular formula is C17H19N3O4S. The Bertz CT molecular complexity index is 761. The van der Waals surface area contributed by atoms with Crippen molar-refractivity contribution in [3.8, 4) is 0 Å². The maximum absolute atomic E-state index is 12.6. The van der Waals surface area contributed by atoms with Gasteiger partial charge in [-0.25, -0.2) is 0 Å². The third-order valence-corrected chi connectivity index (χ3v) is 4.52. The molecule has 0 saturated heterocycles. The zero-order chi connectivity index (χ0) is 18.4. The predicted molar refractivity (Wildman–Crippen MR) is 95.4 cm³/mol. The standard InChI is InChI=1S/C17H19N3O4S/c1-3-19(11-15-8-5-9-25-15)17(22)12(2)18-16(21)13-6-4-7-14(10-13)20(23)24/h4-10,12H,3,11H2,1-2H3,(H,18,21). The molecule has 0 aliphatic rings. The summed E-state index contributed by atoms with van der Waals surface area (Å²) in [6.07, 6.45) is 0. The number of likely N-dealkylation sites (N-methyl/N-ethyl adjacent to an activating group) is 1. The number of hydrogen-bond donors (Lipinski definition) is 1. The van der Waals surface area contributed by atoms with Crippen LogP contribution in [0.4, 0.5) is 5.69 Å². The average Bonchev–Trinajstić information content (AvgIpc) is 3.12. The molecule has 1 N–H and O–H groups in total. The van der Waals surface area contributed by atoms with E-state index in [0.717, 1.165) is 4.88 Å². The molecule has 2 rings (SSSR count). The van der Waals surface area contributed by atoms with Gasteiger partial charge in [-0.2, -0.15) is 0 Å². The Hall–Kier alpha value is -2.74. The van der Waals surface area contributed by atoms with Crippen LogP contribution >= 0.6 is 11.3 Å². The van der Waals surface area contributed by atoms with Gasteiger partial charge in [0.2, 0.25) is 5.91 Å². The van der Waals surface area contributed by atoms with Crippen LogP contribution in [-0.2, 0) is 11.3 Å². The summed E-state index contributed by atoms with van der Waals surface area (Å²) in [5, 5.41) is 15.4. The molecule has 2 aromatic rings. The second kappa shape index (κ2) is 8.39. The topological polar surface area (TPSA) is 92.6 Å². The highest BCUT2D eigenvalue weighted by molar-refractivity contribution is 7.09. The van der Waals surface area contributed by atoms with E-state index in [1.807, 2.05) is 24.4 Å². The molecule has 1 unspecified atom stereocenters. The number of nitro groups is 1. The molecule has 132 valence electrons. The van der Waals surface area contributed by atoms with Crippen molar-refractivity contribution >= 4 is 28.8 Å². The Balaban J connectivity index is 2.03. The van der Waals surface area contributed by atoms with Crippen molar-refractivity contribution in [1.29, 1.82) is 0 Å². The molecule has 7 nitrogen and oxygen atoms in total. The Morgan fingerprint density at radius 3 is 2.68 bits per heavy atom. The van der Waals surface area contributed by atoms with Gasteiger partial charge in [0.1, 0.15) is 6.04 Å². The van der Waals surface area contributed by atoms with Crippen LogP contribution in [0.2, 0.25) is 0 Å². The maximum Gasteiger partial charge on any atom is 0.270 e. The van der Waals surface area contributed by atoms with E-state index < -0.39 is 16.9 Å². The third kappa shape index (κ3) is 4.87. The third-order valence-electron chi connectivity index (χ3n) is 3.66. The van der Waals surface area contributed by atoms with Gasteiger partial charge in [0.25, 0.3) is 11.6 Å². The predicted octanol–water partition coefficient (Wildman–Crippen LogP) is 2.82. The minimum atomic E-state index is -0.730. The molecule has 1 atom stereocenters. The van der Waals surface area contributed by atoms with Gasteiger partial charge in [-0.15, -0.1) is 11.3 Å². The number of nitro benzene ring substituents is 1. The first kappa shape index (κ1) is 18.6. The minimum absolute atomic E-state index is 0.148. The number of rotatable bonds is 7. The summed E-state index contributed by atoms with van der Waals surface area (Å²) in [4.78, 5) is 37.8. The van der Waals surface area contributed by atoms with Crippen LogP contribution in [0.5, 0.6) is 0 Å². The molecule has 25 heavy (non-hydrogen) atoms. The van der Waals surface area contributed by atoms with Crippen LogP contribution in [-0.4, -0.2) is 34.2 Å². The van der Waals surface area contributed by atoms with Crippen LogP contribution in [0, 0.1) is 10.1 Å². The minimum Gasteiger partial charge on any atom is -0.341 e. The van der Waals surface area contributed by atoms with E-state index in [9.17, 15) is 19.7 Å². The number of benzene rings is 1. The zero-order valence-corrected chi connectivity index (χ0v) is 14.8. The first-order valence-electron chi connectivity index (χ1n) is 7.78. The van der Waals surface area contributed by atoms with Crippen LogP contribution < -0.4 is 5.32 Å².